The molecule has 0 radical (unpaired) electrons. The maximum absolute atomic E-state index is 12.7. The summed E-state index contributed by atoms with van der Waals surface area (Å²) in [6, 6.07) is 6.13. The van der Waals surface area contributed by atoms with Gasteiger partial charge in [-0.05, 0) is 29.5 Å². The predicted octanol–water partition coefficient (Wildman–Crippen LogP) is 1.33. The molecular weight excluding hydrogens is 334 g/mol. The molecule has 1 aromatic carbocycles. The molecule has 2 fully saturated rings. The number of anilines is 1. The fraction of sp³-hybridized carbons (Fsp3) is 0.474. The van der Waals surface area contributed by atoms with Crippen molar-refractivity contribution in [2.45, 2.75) is 57.5 Å². The summed E-state index contributed by atoms with van der Waals surface area (Å²) in [4.78, 5) is 49.3. The number of nitrogens with one attached hydrogen (secondary N) is 2. The van der Waals surface area contributed by atoms with Crippen LogP contribution < -0.4 is 10.6 Å². The van der Waals surface area contributed by atoms with E-state index < -0.39 is 29.8 Å². The van der Waals surface area contributed by atoms with Gasteiger partial charge in [0.2, 0.25) is 17.7 Å². The number of hydrogen-bond donors (Lipinski definition) is 2. The van der Waals surface area contributed by atoms with Crippen LogP contribution in [0.4, 0.5) is 5.69 Å². The highest BCUT2D eigenvalue weighted by Crippen LogP contribution is 2.27. The number of rotatable bonds is 3. The first kappa shape index (κ1) is 18.1. The number of benzene rings is 1. The van der Waals surface area contributed by atoms with Crippen molar-refractivity contribution >= 4 is 29.3 Å². The summed E-state index contributed by atoms with van der Waals surface area (Å²) >= 11 is 0. The number of nitrogens with zero attached hydrogens (tertiary/aromatic N) is 1. The Bertz CT molecular complexity index is 781. The van der Waals surface area contributed by atoms with Crippen molar-refractivity contribution in [3.05, 3.63) is 29.8 Å². The van der Waals surface area contributed by atoms with Crippen LogP contribution >= 0.6 is 0 Å². The van der Waals surface area contributed by atoms with E-state index in [2.05, 4.69) is 31.4 Å². The third-order valence-electron chi connectivity index (χ3n) is 4.77. The molecule has 0 saturated carbocycles. The minimum absolute atomic E-state index is 0.00367. The first-order chi connectivity index (χ1) is 12.2. The summed E-state index contributed by atoms with van der Waals surface area (Å²) in [5, 5.41) is 5.31. The summed E-state index contributed by atoms with van der Waals surface area (Å²) < 4.78 is 0. The average molecular weight is 357 g/mol. The van der Waals surface area contributed by atoms with Crippen LogP contribution in [0.25, 0.3) is 0 Å². The van der Waals surface area contributed by atoms with E-state index in [1.165, 1.54) is 0 Å². The highest BCUT2D eigenvalue weighted by Gasteiger charge is 2.46. The first-order valence-corrected chi connectivity index (χ1v) is 8.73. The van der Waals surface area contributed by atoms with Crippen LogP contribution in [-0.4, -0.2) is 40.6 Å². The monoisotopic (exact) mass is 357 g/mol. The highest BCUT2D eigenvalue weighted by atomic mass is 16.2. The standard InChI is InChI=1S/C19H23N3O4/c1-19(2,3)11-5-4-6-12(9-11)20-13-10-16(24)22(18(13)26)14-7-8-15(23)21-17(14)25/h4-6,9,13-14,20H,7-8,10H2,1-3H3,(H,21,23,25). The largest absolute Gasteiger partial charge is 0.373 e. The average Bonchev–Trinajstić information content (AvgIpc) is 2.82. The Morgan fingerprint density at radius 1 is 1.15 bits per heavy atom. The van der Waals surface area contributed by atoms with E-state index in [-0.39, 0.29) is 30.6 Å². The van der Waals surface area contributed by atoms with Gasteiger partial charge in [0.25, 0.3) is 5.91 Å². The number of amides is 4. The van der Waals surface area contributed by atoms with Crippen molar-refractivity contribution < 1.29 is 19.2 Å². The van der Waals surface area contributed by atoms with Gasteiger partial charge in [-0.2, -0.15) is 0 Å². The molecule has 4 amide bonds. The number of carbonyl (C=O) groups excluding carboxylic acids is 4. The van der Waals surface area contributed by atoms with Gasteiger partial charge < -0.3 is 5.32 Å². The van der Waals surface area contributed by atoms with Gasteiger partial charge in [0, 0.05) is 12.1 Å². The fourth-order valence-corrected chi connectivity index (χ4v) is 3.30. The molecular formula is C19H23N3O4. The lowest BCUT2D eigenvalue weighted by Gasteiger charge is -2.28. The number of piperidine rings is 1. The molecule has 7 nitrogen and oxygen atoms in total. The SMILES string of the molecule is CC(C)(C)c1cccc(NC2CC(=O)N(C3CCC(=O)NC3=O)C2=O)c1. The number of likely N-dealkylation sites (tertiary alicyclic amines) is 1. The van der Waals surface area contributed by atoms with Crippen LogP contribution in [0.3, 0.4) is 0 Å². The van der Waals surface area contributed by atoms with E-state index in [1.807, 2.05) is 24.3 Å². The van der Waals surface area contributed by atoms with Crippen molar-refractivity contribution in [2.75, 3.05) is 5.32 Å². The minimum atomic E-state index is -0.902. The molecule has 7 heteroatoms. The van der Waals surface area contributed by atoms with Crippen LogP contribution in [0.5, 0.6) is 0 Å². The van der Waals surface area contributed by atoms with Gasteiger partial charge in [0.1, 0.15) is 12.1 Å². The summed E-state index contributed by atoms with van der Waals surface area (Å²) in [6.07, 6.45) is 0.296. The van der Waals surface area contributed by atoms with Crippen molar-refractivity contribution in [2.24, 2.45) is 0 Å². The van der Waals surface area contributed by atoms with Crippen LogP contribution in [0.15, 0.2) is 24.3 Å². The summed E-state index contributed by atoms with van der Waals surface area (Å²) in [5.41, 5.74) is 1.83. The van der Waals surface area contributed by atoms with Crippen molar-refractivity contribution in [3.63, 3.8) is 0 Å². The van der Waals surface area contributed by atoms with E-state index in [9.17, 15) is 19.2 Å². The molecule has 2 saturated heterocycles. The zero-order valence-corrected chi connectivity index (χ0v) is 15.2. The van der Waals surface area contributed by atoms with Gasteiger partial charge in [-0.15, -0.1) is 0 Å². The van der Waals surface area contributed by atoms with Gasteiger partial charge in [-0.3, -0.25) is 29.4 Å². The molecule has 138 valence electrons. The topological polar surface area (TPSA) is 95.6 Å². The van der Waals surface area contributed by atoms with Crippen LogP contribution in [0, 0.1) is 0 Å². The molecule has 2 heterocycles. The van der Waals surface area contributed by atoms with Gasteiger partial charge in [0.15, 0.2) is 0 Å². The summed E-state index contributed by atoms with van der Waals surface area (Å²) in [6.45, 7) is 6.29. The molecule has 2 atom stereocenters. The summed E-state index contributed by atoms with van der Waals surface area (Å²) in [7, 11) is 0. The van der Waals surface area contributed by atoms with Gasteiger partial charge >= 0.3 is 0 Å². The van der Waals surface area contributed by atoms with E-state index >= 15 is 0 Å². The number of carbonyl (C=O) groups is 4. The third kappa shape index (κ3) is 3.47. The zero-order valence-electron chi connectivity index (χ0n) is 15.2. The third-order valence-corrected chi connectivity index (χ3v) is 4.77. The Morgan fingerprint density at radius 2 is 1.88 bits per heavy atom. The van der Waals surface area contributed by atoms with Crippen molar-refractivity contribution in [1.29, 1.82) is 0 Å². The molecule has 2 aliphatic rings. The van der Waals surface area contributed by atoms with Crippen molar-refractivity contribution in [3.8, 4) is 0 Å². The maximum atomic E-state index is 12.7. The van der Waals surface area contributed by atoms with E-state index in [0.717, 1.165) is 16.2 Å². The second-order valence-corrected chi connectivity index (χ2v) is 7.80. The van der Waals surface area contributed by atoms with Gasteiger partial charge in [-0.1, -0.05) is 32.9 Å². The molecule has 0 aliphatic carbocycles. The molecule has 26 heavy (non-hydrogen) atoms. The minimum Gasteiger partial charge on any atom is -0.373 e. The van der Waals surface area contributed by atoms with Crippen LogP contribution in [-0.2, 0) is 24.6 Å². The first-order valence-electron chi connectivity index (χ1n) is 8.73. The molecule has 2 unspecified atom stereocenters. The lowest BCUT2D eigenvalue weighted by atomic mass is 9.87. The second kappa shape index (κ2) is 6.55. The van der Waals surface area contributed by atoms with E-state index in [1.54, 1.807) is 0 Å². The Balaban J connectivity index is 1.75. The maximum Gasteiger partial charge on any atom is 0.252 e. The zero-order chi connectivity index (χ0) is 19.1. The Morgan fingerprint density at radius 3 is 2.54 bits per heavy atom. The molecule has 3 rings (SSSR count). The summed E-state index contributed by atoms with van der Waals surface area (Å²) in [5.74, 6) is -1.78. The molecule has 0 bridgehead atoms. The molecule has 2 aliphatic heterocycles. The quantitative estimate of drug-likeness (QED) is 0.796. The van der Waals surface area contributed by atoms with Crippen LogP contribution in [0.2, 0.25) is 0 Å². The Labute approximate surface area is 152 Å². The second-order valence-electron chi connectivity index (χ2n) is 7.80. The molecule has 1 aromatic rings. The lowest BCUT2D eigenvalue weighted by molar-refractivity contribution is -0.150. The smallest absolute Gasteiger partial charge is 0.252 e. The van der Waals surface area contributed by atoms with E-state index in [4.69, 9.17) is 0 Å². The normalized spacial score (nSPS) is 24.0. The van der Waals surface area contributed by atoms with Crippen LogP contribution in [0.1, 0.15) is 45.6 Å². The van der Waals surface area contributed by atoms with Crippen molar-refractivity contribution in [1.82, 2.24) is 10.2 Å². The van der Waals surface area contributed by atoms with Gasteiger partial charge in [0.05, 0.1) is 6.42 Å². The molecule has 2 N–H and O–H groups in total. The van der Waals surface area contributed by atoms with E-state index in [0.29, 0.717) is 0 Å². The number of imide groups is 2. The van der Waals surface area contributed by atoms with Gasteiger partial charge in [-0.25, -0.2) is 0 Å². The fourth-order valence-electron chi connectivity index (χ4n) is 3.30. The molecule has 0 spiro atoms. The number of hydrogen-bond acceptors (Lipinski definition) is 5. The predicted molar refractivity (Wildman–Crippen MR) is 95.2 cm³/mol. The Hall–Kier alpha value is -2.70. The Kier molecular flexibility index (Phi) is 4.56. The highest BCUT2D eigenvalue weighted by molar-refractivity contribution is 6.11. The molecule has 0 aromatic heterocycles. The lowest BCUT2D eigenvalue weighted by Crippen LogP contribution is -2.54.